The molecular formula is C13H23N3O2S. The zero-order chi connectivity index (χ0) is 14.3. The van der Waals surface area contributed by atoms with Crippen LogP contribution >= 0.6 is 11.8 Å². The average Bonchev–Trinajstić information content (AvgIpc) is 2.41. The van der Waals surface area contributed by atoms with Crippen LogP contribution in [0.1, 0.15) is 24.8 Å². The summed E-state index contributed by atoms with van der Waals surface area (Å²) in [4.78, 5) is 23.4. The maximum Gasteiger partial charge on any atom is 0.330 e. The Hall–Kier alpha value is -1.01. The number of hydrogen-bond acceptors (Lipinski definition) is 4. The zero-order valence-corrected chi connectivity index (χ0v) is 12.8. The summed E-state index contributed by atoms with van der Waals surface area (Å²) in [6.07, 6.45) is 7.30. The first-order valence-corrected chi connectivity index (χ1v) is 7.92. The summed E-state index contributed by atoms with van der Waals surface area (Å²) in [5.74, 6) is 1.21. The van der Waals surface area contributed by atoms with E-state index in [1.165, 1.54) is 30.2 Å². The van der Waals surface area contributed by atoms with Crippen molar-refractivity contribution < 1.29 is 0 Å². The van der Waals surface area contributed by atoms with E-state index in [1.807, 2.05) is 11.8 Å². The minimum atomic E-state index is -0.286. The Bertz CT molecular complexity index is 508. The molecule has 0 aromatic carbocycles. The lowest BCUT2D eigenvalue weighted by molar-refractivity contribution is 0.598. The van der Waals surface area contributed by atoms with Crippen LogP contribution in [-0.2, 0) is 20.6 Å². The third kappa shape index (κ3) is 4.87. The highest BCUT2D eigenvalue weighted by Gasteiger charge is 2.05. The fourth-order valence-corrected chi connectivity index (χ4v) is 2.39. The van der Waals surface area contributed by atoms with Gasteiger partial charge < -0.3 is 9.88 Å². The summed E-state index contributed by atoms with van der Waals surface area (Å²) in [6.45, 7) is 1.42. The number of rotatable bonds is 8. The quantitative estimate of drug-likeness (QED) is 0.715. The fourth-order valence-electron chi connectivity index (χ4n) is 1.90. The molecule has 19 heavy (non-hydrogen) atoms. The molecule has 108 valence electrons. The largest absolute Gasteiger partial charge is 0.330 e. The molecule has 0 spiro atoms. The molecule has 0 fully saturated rings. The van der Waals surface area contributed by atoms with Gasteiger partial charge in [-0.25, -0.2) is 4.79 Å². The second-order valence-corrected chi connectivity index (χ2v) is 5.63. The fraction of sp³-hybridized carbons (Fsp3) is 0.692. The van der Waals surface area contributed by atoms with Crippen molar-refractivity contribution in [3.63, 3.8) is 0 Å². The third-order valence-electron chi connectivity index (χ3n) is 3.03. The van der Waals surface area contributed by atoms with Crippen molar-refractivity contribution >= 4 is 11.8 Å². The molecule has 0 unspecified atom stereocenters. The molecule has 0 radical (unpaired) electrons. The molecule has 1 N–H and O–H groups in total. The third-order valence-corrected chi connectivity index (χ3v) is 3.73. The molecule has 1 aromatic rings. The molecule has 0 bridgehead atoms. The molecule has 0 aliphatic carbocycles. The van der Waals surface area contributed by atoms with Gasteiger partial charge in [-0.15, -0.1) is 0 Å². The molecule has 0 atom stereocenters. The molecule has 0 saturated heterocycles. The second kappa shape index (κ2) is 8.22. The van der Waals surface area contributed by atoms with Crippen LogP contribution < -0.4 is 16.6 Å². The Morgan fingerprint density at radius 2 is 1.95 bits per heavy atom. The summed E-state index contributed by atoms with van der Waals surface area (Å²) < 4.78 is 2.59. The standard InChI is InChI=1S/C13H23N3O2S/c1-15-10-11(12(17)16(2)13(15)18)9-14-7-5-4-6-8-19-3/h10,14H,4-9H2,1-3H3. The van der Waals surface area contributed by atoms with Crippen LogP contribution in [0.2, 0.25) is 0 Å². The molecule has 5 nitrogen and oxygen atoms in total. The van der Waals surface area contributed by atoms with Crippen LogP contribution in [0.25, 0.3) is 0 Å². The van der Waals surface area contributed by atoms with Crippen molar-refractivity contribution in [2.24, 2.45) is 14.1 Å². The van der Waals surface area contributed by atoms with Gasteiger partial charge in [-0.3, -0.25) is 9.36 Å². The van der Waals surface area contributed by atoms with E-state index in [-0.39, 0.29) is 11.2 Å². The van der Waals surface area contributed by atoms with E-state index in [0.717, 1.165) is 17.5 Å². The van der Waals surface area contributed by atoms with Crippen LogP contribution in [0.4, 0.5) is 0 Å². The number of nitrogens with zero attached hydrogens (tertiary/aromatic N) is 2. The SMILES string of the molecule is CSCCCCCNCc1cn(C)c(=O)n(C)c1=O. The molecular weight excluding hydrogens is 262 g/mol. The monoisotopic (exact) mass is 285 g/mol. The Morgan fingerprint density at radius 1 is 1.21 bits per heavy atom. The van der Waals surface area contributed by atoms with E-state index in [9.17, 15) is 9.59 Å². The number of hydrogen-bond donors (Lipinski definition) is 1. The van der Waals surface area contributed by atoms with Crippen LogP contribution in [0.15, 0.2) is 15.8 Å². The lowest BCUT2D eigenvalue weighted by Gasteiger charge is -2.08. The van der Waals surface area contributed by atoms with E-state index < -0.39 is 0 Å². The maximum atomic E-state index is 11.9. The predicted molar refractivity (Wildman–Crippen MR) is 80.9 cm³/mol. The Kier molecular flexibility index (Phi) is 6.94. The first-order valence-electron chi connectivity index (χ1n) is 6.53. The van der Waals surface area contributed by atoms with E-state index in [2.05, 4.69) is 11.6 Å². The molecule has 1 heterocycles. The van der Waals surface area contributed by atoms with Crippen LogP contribution in [-0.4, -0.2) is 27.7 Å². The van der Waals surface area contributed by atoms with Gasteiger partial charge in [0.2, 0.25) is 0 Å². The minimum Gasteiger partial charge on any atom is -0.312 e. The molecule has 6 heteroatoms. The van der Waals surface area contributed by atoms with Crippen molar-refractivity contribution in [3.8, 4) is 0 Å². The smallest absolute Gasteiger partial charge is 0.312 e. The lowest BCUT2D eigenvalue weighted by atomic mass is 10.2. The van der Waals surface area contributed by atoms with Gasteiger partial charge in [0.15, 0.2) is 0 Å². The van der Waals surface area contributed by atoms with Gasteiger partial charge in [-0.05, 0) is 31.4 Å². The molecule has 0 saturated carbocycles. The van der Waals surface area contributed by atoms with Gasteiger partial charge >= 0.3 is 5.69 Å². The van der Waals surface area contributed by atoms with Gasteiger partial charge in [0, 0.05) is 32.4 Å². The molecule has 0 aliphatic heterocycles. The molecule has 1 rings (SSSR count). The summed E-state index contributed by atoms with van der Waals surface area (Å²) in [5.41, 5.74) is 0.137. The van der Waals surface area contributed by atoms with Crippen molar-refractivity contribution in [1.29, 1.82) is 0 Å². The Morgan fingerprint density at radius 3 is 2.63 bits per heavy atom. The van der Waals surface area contributed by atoms with Gasteiger partial charge in [0.05, 0.1) is 0 Å². The van der Waals surface area contributed by atoms with Crippen LogP contribution in [0.5, 0.6) is 0 Å². The number of unbranched alkanes of at least 4 members (excludes halogenated alkanes) is 2. The Labute approximate surface area is 118 Å². The van der Waals surface area contributed by atoms with Crippen molar-refractivity contribution in [2.75, 3.05) is 18.6 Å². The van der Waals surface area contributed by atoms with Gasteiger partial charge in [0.1, 0.15) is 0 Å². The van der Waals surface area contributed by atoms with Crippen molar-refractivity contribution in [2.45, 2.75) is 25.8 Å². The highest BCUT2D eigenvalue weighted by molar-refractivity contribution is 7.98. The highest BCUT2D eigenvalue weighted by atomic mass is 32.2. The zero-order valence-electron chi connectivity index (χ0n) is 11.9. The van der Waals surface area contributed by atoms with Gasteiger partial charge in [-0.2, -0.15) is 11.8 Å². The first-order chi connectivity index (χ1) is 9.07. The predicted octanol–water partition coefficient (Wildman–Crippen LogP) is 0.707. The molecule has 0 amide bonds. The summed E-state index contributed by atoms with van der Waals surface area (Å²) in [7, 11) is 3.17. The maximum absolute atomic E-state index is 11.9. The number of thioether (sulfide) groups is 1. The highest BCUT2D eigenvalue weighted by Crippen LogP contribution is 2.01. The van der Waals surface area contributed by atoms with E-state index >= 15 is 0 Å². The summed E-state index contributed by atoms with van der Waals surface area (Å²) in [5, 5.41) is 3.26. The van der Waals surface area contributed by atoms with E-state index in [4.69, 9.17) is 0 Å². The number of aromatic nitrogens is 2. The normalized spacial score (nSPS) is 10.9. The number of nitrogens with one attached hydrogen (secondary N) is 1. The first kappa shape index (κ1) is 16.0. The molecule has 0 aliphatic rings. The summed E-state index contributed by atoms with van der Waals surface area (Å²) >= 11 is 1.87. The van der Waals surface area contributed by atoms with Crippen LogP contribution in [0.3, 0.4) is 0 Å². The summed E-state index contributed by atoms with van der Waals surface area (Å²) in [6, 6.07) is 0. The minimum absolute atomic E-state index is 0.210. The van der Waals surface area contributed by atoms with Gasteiger partial charge in [0.25, 0.3) is 5.56 Å². The van der Waals surface area contributed by atoms with E-state index in [0.29, 0.717) is 12.1 Å². The van der Waals surface area contributed by atoms with Crippen molar-refractivity contribution in [3.05, 3.63) is 32.6 Å². The lowest BCUT2D eigenvalue weighted by Crippen LogP contribution is -2.39. The Balaban J connectivity index is 2.42. The average molecular weight is 285 g/mol. The van der Waals surface area contributed by atoms with Crippen molar-refractivity contribution in [1.82, 2.24) is 14.5 Å². The number of aryl methyl sites for hydroxylation is 1. The molecule has 1 aromatic heterocycles. The second-order valence-electron chi connectivity index (χ2n) is 4.64. The van der Waals surface area contributed by atoms with E-state index in [1.54, 1.807) is 13.2 Å². The topological polar surface area (TPSA) is 56.0 Å². The van der Waals surface area contributed by atoms with Gasteiger partial charge in [-0.1, -0.05) is 6.42 Å². The van der Waals surface area contributed by atoms with Crippen LogP contribution in [0, 0.1) is 0 Å².